The molecule has 3 heterocycles. The molecule has 0 aliphatic carbocycles. The number of hydrogen-bond acceptors (Lipinski definition) is 4. The summed E-state index contributed by atoms with van der Waals surface area (Å²) in [7, 11) is 0. The number of ether oxygens (including phenoxy) is 2. The Labute approximate surface area is 121 Å². The lowest BCUT2D eigenvalue weighted by Gasteiger charge is -2.34. The normalized spacial score (nSPS) is 34.2. The van der Waals surface area contributed by atoms with E-state index in [0.717, 1.165) is 0 Å². The van der Waals surface area contributed by atoms with Crippen LogP contribution in [0.1, 0.15) is 39.0 Å². The van der Waals surface area contributed by atoms with Crippen LogP contribution in [0.3, 0.4) is 0 Å². The molecule has 0 aromatic rings. The molecule has 0 aromatic carbocycles. The van der Waals surface area contributed by atoms with Gasteiger partial charge < -0.3 is 14.4 Å². The second kappa shape index (κ2) is 5.90. The number of fused-ring (bicyclic) bond motifs is 1. The standard InChI is InChI=1S/C15H26N2O3/c1-2-15-5-3-7-17(15)13(4-6-15)12-20-14(18)16-8-10-19-11-9-16/h13H,2-12H2,1H3. The van der Waals surface area contributed by atoms with Crippen molar-refractivity contribution < 1.29 is 14.3 Å². The van der Waals surface area contributed by atoms with Crippen molar-refractivity contribution >= 4 is 6.09 Å². The molecule has 0 bridgehead atoms. The molecule has 3 saturated heterocycles. The summed E-state index contributed by atoms with van der Waals surface area (Å²) in [5.41, 5.74) is 0.413. The highest BCUT2D eigenvalue weighted by atomic mass is 16.6. The molecule has 0 saturated carbocycles. The maximum absolute atomic E-state index is 12.0. The van der Waals surface area contributed by atoms with Crippen molar-refractivity contribution in [3.05, 3.63) is 0 Å². The highest BCUT2D eigenvalue weighted by Gasteiger charge is 2.47. The van der Waals surface area contributed by atoms with E-state index >= 15 is 0 Å². The number of hydrogen-bond donors (Lipinski definition) is 0. The van der Waals surface area contributed by atoms with E-state index in [1.54, 1.807) is 4.90 Å². The first-order valence-corrected chi connectivity index (χ1v) is 8.01. The monoisotopic (exact) mass is 282 g/mol. The Morgan fingerprint density at radius 2 is 2.10 bits per heavy atom. The minimum absolute atomic E-state index is 0.165. The molecular weight excluding hydrogens is 256 g/mol. The summed E-state index contributed by atoms with van der Waals surface area (Å²) in [6.07, 6.45) is 6.11. The molecule has 2 atom stereocenters. The first-order valence-electron chi connectivity index (χ1n) is 8.01. The fourth-order valence-corrected chi connectivity index (χ4v) is 4.12. The third kappa shape index (κ3) is 2.53. The molecule has 20 heavy (non-hydrogen) atoms. The quantitative estimate of drug-likeness (QED) is 0.792. The van der Waals surface area contributed by atoms with Crippen molar-refractivity contribution in [2.24, 2.45) is 0 Å². The fraction of sp³-hybridized carbons (Fsp3) is 0.933. The number of carbonyl (C=O) groups excluding carboxylic acids is 1. The Hall–Kier alpha value is -0.810. The van der Waals surface area contributed by atoms with Crippen molar-refractivity contribution in [2.75, 3.05) is 39.5 Å². The van der Waals surface area contributed by atoms with Gasteiger partial charge >= 0.3 is 6.09 Å². The molecule has 3 aliphatic rings. The van der Waals surface area contributed by atoms with E-state index in [4.69, 9.17) is 9.47 Å². The van der Waals surface area contributed by atoms with Crippen LogP contribution >= 0.6 is 0 Å². The van der Waals surface area contributed by atoms with Crippen LogP contribution < -0.4 is 0 Å². The molecule has 3 rings (SSSR count). The number of nitrogens with zero attached hydrogens (tertiary/aromatic N) is 2. The van der Waals surface area contributed by atoms with Crippen molar-refractivity contribution in [2.45, 2.75) is 50.6 Å². The van der Waals surface area contributed by atoms with E-state index in [9.17, 15) is 4.79 Å². The number of morpholine rings is 1. The molecule has 0 aromatic heterocycles. The number of carbonyl (C=O) groups is 1. The smallest absolute Gasteiger partial charge is 0.409 e. The molecule has 1 amide bonds. The van der Waals surface area contributed by atoms with Crippen molar-refractivity contribution in [3.8, 4) is 0 Å². The van der Waals surface area contributed by atoms with Crippen LogP contribution in [0.5, 0.6) is 0 Å². The van der Waals surface area contributed by atoms with Gasteiger partial charge in [0.1, 0.15) is 6.61 Å². The third-order valence-corrected chi connectivity index (χ3v) is 5.36. The molecule has 5 nitrogen and oxygen atoms in total. The first kappa shape index (κ1) is 14.1. The van der Waals surface area contributed by atoms with Crippen molar-refractivity contribution in [3.63, 3.8) is 0 Å². The Morgan fingerprint density at radius 1 is 1.30 bits per heavy atom. The highest BCUT2D eigenvalue weighted by Crippen LogP contribution is 2.44. The topological polar surface area (TPSA) is 42.0 Å². The van der Waals surface area contributed by atoms with Crippen LogP contribution in [0.15, 0.2) is 0 Å². The van der Waals surface area contributed by atoms with Gasteiger partial charge in [-0.25, -0.2) is 4.79 Å². The zero-order valence-electron chi connectivity index (χ0n) is 12.5. The lowest BCUT2D eigenvalue weighted by Crippen LogP contribution is -2.45. The van der Waals surface area contributed by atoms with Gasteiger partial charge in [0, 0.05) is 24.7 Å². The van der Waals surface area contributed by atoms with E-state index in [2.05, 4.69) is 11.8 Å². The average molecular weight is 282 g/mol. The fourth-order valence-electron chi connectivity index (χ4n) is 4.12. The summed E-state index contributed by atoms with van der Waals surface area (Å²) in [5.74, 6) is 0. The lowest BCUT2D eigenvalue weighted by molar-refractivity contribution is 0.0170. The molecule has 3 fully saturated rings. The van der Waals surface area contributed by atoms with Gasteiger partial charge in [-0.1, -0.05) is 6.92 Å². The Kier molecular flexibility index (Phi) is 4.17. The summed E-state index contributed by atoms with van der Waals surface area (Å²) in [4.78, 5) is 16.4. The second-order valence-electron chi connectivity index (χ2n) is 6.24. The summed E-state index contributed by atoms with van der Waals surface area (Å²) in [6.45, 7) is 6.59. The van der Waals surface area contributed by atoms with E-state index in [0.29, 0.717) is 44.5 Å². The molecule has 2 unspecified atom stereocenters. The van der Waals surface area contributed by atoms with Gasteiger partial charge in [0.15, 0.2) is 0 Å². The highest BCUT2D eigenvalue weighted by molar-refractivity contribution is 5.67. The lowest BCUT2D eigenvalue weighted by atomic mass is 9.91. The molecule has 0 spiro atoms. The molecule has 0 radical (unpaired) electrons. The minimum atomic E-state index is -0.165. The van der Waals surface area contributed by atoms with Crippen LogP contribution in [-0.2, 0) is 9.47 Å². The van der Waals surface area contributed by atoms with Gasteiger partial charge in [-0.05, 0) is 38.6 Å². The molecule has 0 N–H and O–H groups in total. The van der Waals surface area contributed by atoms with Gasteiger partial charge in [-0.2, -0.15) is 0 Å². The summed E-state index contributed by atoms with van der Waals surface area (Å²) in [5, 5.41) is 0. The predicted molar refractivity (Wildman–Crippen MR) is 75.7 cm³/mol. The average Bonchev–Trinajstić information content (AvgIpc) is 3.05. The maximum atomic E-state index is 12.0. The summed E-state index contributed by atoms with van der Waals surface area (Å²) in [6, 6.07) is 0.433. The van der Waals surface area contributed by atoms with Gasteiger partial charge in [0.05, 0.1) is 13.2 Å². The maximum Gasteiger partial charge on any atom is 0.409 e. The molecule has 5 heteroatoms. The van der Waals surface area contributed by atoms with Gasteiger partial charge in [-0.3, -0.25) is 4.90 Å². The zero-order chi connectivity index (χ0) is 14.0. The largest absolute Gasteiger partial charge is 0.448 e. The van der Waals surface area contributed by atoms with Gasteiger partial charge in [0.25, 0.3) is 0 Å². The van der Waals surface area contributed by atoms with Crippen LogP contribution in [0.2, 0.25) is 0 Å². The summed E-state index contributed by atoms with van der Waals surface area (Å²) >= 11 is 0. The SMILES string of the molecule is CCC12CCCN1C(COC(=O)N1CCOCC1)CC2. The second-order valence-corrected chi connectivity index (χ2v) is 6.24. The molecule has 114 valence electrons. The zero-order valence-corrected chi connectivity index (χ0v) is 12.5. The first-order chi connectivity index (χ1) is 9.75. The third-order valence-electron chi connectivity index (χ3n) is 5.36. The van der Waals surface area contributed by atoms with E-state index < -0.39 is 0 Å². The van der Waals surface area contributed by atoms with Gasteiger partial charge in [-0.15, -0.1) is 0 Å². The minimum Gasteiger partial charge on any atom is -0.448 e. The van der Waals surface area contributed by atoms with Crippen LogP contribution in [0.4, 0.5) is 4.79 Å². The van der Waals surface area contributed by atoms with Crippen LogP contribution in [-0.4, -0.2) is 66.9 Å². The van der Waals surface area contributed by atoms with Crippen LogP contribution in [0, 0.1) is 0 Å². The number of rotatable bonds is 3. The number of amides is 1. The van der Waals surface area contributed by atoms with Crippen molar-refractivity contribution in [1.29, 1.82) is 0 Å². The molecular formula is C15H26N2O3. The van der Waals surface area contributed by atoms with E-state index in [1.165, 1.54) is 38.6 Å². The Morgan fingerprint density at radius 3 is 2.85 bits per heavy atom. The Balaban J connectivity index is 1.50. The summed E-state index contributed by atoms with van der Waals surface area (Å²) < 4.78 is 10.8. The molecule has 3 aliphatic heterocycles. The Bertz CT molecular complexity index is 357. The van der Waals surface area contributed by atoms with E-state index in [-0.39, 0.29) is 6.09 Å². The van der Waals surface area contributed by atoms with Crippen molar-refractivity contribution in [1.82, 2.24) is 9.80 Å². The van der Waals surface area contributed by atoms with Gasteiger partial charge in [0.2, 0.25) is 0 Å². The van der Waals surface area contributed by atoms with Crippen LogP contribution in [0.25, 0.3) is 0 Å². The van der Waals surface area contributed by atoms with E-state index in [1.807, 2.05) is 0 Å². The predicted octanol–water partition coefficient (Wildman–Crippen LogP) is 1.86.